The van der Waals surface area contributed by atoms with Gasteiger partial charge in [0.15, 0.2) is 16.7 Å². The average molecular weight is 480 g/mol. The summed E-state index contributed by atoms with van der Waals surface area (Å²) >= 11 is 1.55. The zero-order valence-electron chi connectivity index (χ0n) is 14.3. The van der Waals surface area contributed by atoms with Gasteiger partial charge in [-0.3, -0.25) is 0 Å². The molecular formula is C19H21IN4OS. The minimum Gasteiger partial charge on any atom is -0.462 e. The Hall–Kier alpha value is -1.87. The van der Waals surface area contributed by atoms with E-state index in [-0.39, 0.29) is 24.0 Å². The van der Waals surface area contributed by atoms with Gasteiger partial charge in [-0.25, -0.2) is 9.98 Å². The van der Waals surface area contributed by atoms with E-state index in [0.717, 1.165) is 35.0 Å². The van der Waals surface area contributed by atoms with E-state index in [1.807, 2.05) is 17.5 Å². The maximum Gasteiger partial charge on any atom is 0.193 e. The Bertz CT molecular complexity index is 889. The number of hydrogen-bond acceptors (Lipinski definition) is 4. The zero-order chi connectivity index (χ0) is 17.1. The predicted molar refractivity (Wildman–Crippen MR) is 117 cm³/mol. The van der Waals surface area contributed by atoms with Gasteiger partial charge in [-0.2, -0.15) is 0 Å². The lowest BCUT2D eigenvalue weighted by Crippen LogP contribution is -2.24. The van der Waals surface area contributed by atoms with Gasteiger partial charge in [0.1, 0.15) is 0 Å². The second-order valence-corrected chi connectivity index (χ2v) is 6.96. The fourth-order valence-electron chi connectivity index (χ4n) is 3.14. The van der Waals surface area contributed by atoms with Crippen LogP contribution in [0.3, 0.4) is 0 Å². The summed E-state index contributed by atoms with van der Waals surface area (Å²) < 4.78 is 5.37. The van der Waals surface area contributed by atoms with Gasteiger partial charge in [-0.05, 0) is 55.0 Å². The molecule has 0 bridgehead atoms. The van der Waals surface area contributed by atoms with E-state index in [9.17, 15) is 0 Å². The number of thiazole rings is 1. The molecule has 0 radical (unpaired) electrons. The Balaban J connectivity index is 0.00000196. The van der Waals surface area contributed by atoms with Gasteiger partial charge in [-0.1, -0.05) is 12.1 Å². The van der Waals surface area contributed by atoms with Crippen molar-refractivity contribution >= 4 is 47.0 Å². The number of halogens is 1. The van der Waals surface area contributed by atoms with E-state index < -0.39 is 0 Å². The summed E-state index contributed by atoms with van der Waals surface area (Å²) in [4.78, 5) is 8.97. The van der Waals surface area contributed by atoms with Crippen molar-refractivity contribution in [3.8, 4) is 10.8 Å². The van der Waals surface area contributed by atoms with Crippen LogP contribution in [-0.2, 0) is 19.4 Å². The molecule has 1 aromatic carbocycles. The van der Waals surface area contributed by atoms with Gasteiger partial charge in [0.05, 0.1) is 18.5 Å². The fourth-order valence-corrected chi connectivity index (χ4v) is 3.91. The van der Waals surface area contributed by atoms with Gasteiger partial charge >= 0.3 is 0 Å². The van der Waals surface area contributed by atoms with E-state index in [0.29, 0.717) is 12.5 Å². The molecule has 136 valence electrons. The van der Waals surface area contributed by atoms with Crippen LogP contribution in [0.25, 0.3) is 10.8 Å². The number of guanidine groups is 1. The lowest BCUT2D eigenvalue weighted by molar-refractivity contribution is 0.581. The topological polar surface area (TPSA) is 76.4 Å². The number of furan rings is 1. The minimum atomic E-state index is 0. The molecule has 4 rings (SSSR count). The molecule has 3 aromatic rings. The Morgan fingerprint density at radius 2 is 2.12 bits per heavy atom. The highest BCUT2D eigenvalue weighted by Crippen LogP contribution is 2.28. The van der Waals surface area contributed by atoms with Crippen LogP contribution in [-0.4, -0.2) is 10.9 Å². The molecule has 0 saturated carbocycles. The molecule has 5 nitrogen and oxygen atoms in total. The number of aromatic nitrogens is 1. The second-order valence-electron chi connectivity index (χ2n) is 6.10. The molecule has 0 amide bonds. The number of aliphatic imine (C=N–C) groups is 1. The van der Waals surface area contributed by atoms with Crippen molar-refractivity contribution in [3.63, 3.8) is 0 Å². The molecule has 26 heavy (non-hydrogen) atoms. The number of fused-ring (bicyclic) bond motifs is 1. The summed E-state index contributed by atoms with van der Waals surface area (Å²) in [7, 11) is 0. The summed E-state index contributed by atoms with van der Waals surface area (Å²) in [6.45, 7) is 0.449. The lowest BCUT2D eigenvalue weighted by Gasteiger charge is -2.19. The Morgan fingerprint density at radius 3 is 2.96 bits per heavy atom. The predicted octanol–water partition coefficient (Wildman–Crippen LogP) is 4.83. The molecule has 0 unspecified atom stereocenters. The standard InChI is InChI=1S/C19H20N4OS.HI/c20-19(23-16-8-3-6-13-5-1-2-7-15(13)16)21-11-14-12-25-18(22-14)17-9-4-10-24-17;/h3-4,6,8-10,12H,1-2,5,7,11H2,(H3,20,21,23);1H. The summed E-state index contributed by atoms with van der Waals surface area (Å²) in [5, 5.41) is 6.10. The highest BCUT2D eigenvalue weighted by Gasteiger charge is 2.13. The fraction of sp³-hybridized carbons (Fsp3) is 0.263. The first-order chi connectivity index (χ1) is 12.3. The van der Waals surface area contributed by atoms with E-state index in [4.69, 9.17) is 10.2 Å². The molecule has 0 aliphatic heterocycles. The average Bonchev–Trinajstić information content (AvgIpc) is 3.32. The van der Waals surface area contributed by atoms with Crippen LogP contribution in [0.1, 0.15) is 29.7 Å². The molecule has 2 heterocycles. The van der Waals surface area contributed by atoms with Gasteiger partial charge in [0.25, 0.3) is 0 Å². The van der Waals surface area contributed by atoms with Crippen LogP contribution >= 0.6 is 35.3 Å². The third-order valence-corrected chi connectivity index (χ3v) is 5.26. The third kappa shape index (κ3) is 4.27. The number of anilines is 1. The number of hydrogen-bond donors (Lipinski definition) is 2. The highest BCUT2D eigenvalue weighted by atomic mass is 127. The second kappa shape index (κ2) is 8.68. The number of nitrogens with zero attached hydrogens (tertiary/aromatic N) is 2. The minimum absolute atomic E-state index is 0. The molecule has 1 aliphatic rings. The van der Waals surface area contributed by atoms with Crippen molar-refractivity contribution in [2.45, 2.75) is 32.2 Å². The van der Waals surface area contributed by atoms with Gasteiger partial charge in [0, 0.05) is 11.1 Å². The summed E-state index contributed by atoms with van der Waals surface area (Å²) in [5.74, 6) is 1.20. The molecular weight excluding hydrogens is 459 g/mol. The summed E-state index contributed by atoms with van der Waals surface area (Å²) in [6.07, 6.45) is 6.40. The molecule has 7 heteroatoms. The van der Waals surface area contributed by atoms with Crippen LogP contribution in [0.4, 0.5) is 5.69 Å². The van der Waals surface area contributed by atoms with Crippen LogP contribution in [0.5, 0.6) is 0 Å². The molecule has 1 aliphatic carbocycles. The first-order valence-corrected chi connectivity index (χ1v) is 9.33. The molecule has 0 saturated heterocycles. The summed E-state index contributed by atoms with van der Waals surface area (Å²) in [5.41, 5.74) is 10.8. The Morgan fingerprint density at radius 1 is 1.23 bits per heavy atom. The van der Waals surface area contributed by atoms with Crippen molar-refractivity contribution in [2.75, 3.05) is 5.32 Å². The normalized spacial score (nSPS) is 13.8. The van der Waals surface area contributed by atoms with Crippen LogP contribution in [0, 0.1) is 0 Å². The van der Waals surface area contributed by atoms with Crippen LogP contribution < -0.4 is 11.1 Å². The number of nitrogens with one attached hydrogen (secondary N) is 1. The van der Waals surface area contributed by atoms with E-state index in [2.05, 4.69) is 33.5 Å². The third-order valence-electron chi connectivity index (χ3n) is 4.35. The van der Waals surface area contributed by atoms with Crippen molar-refractivity contribution in [1.29, 1.82) is 0 Å². The SMILES string of the molecule is I.NC(=NCc1csc(-c2ccco2)n1)Nc1cccc2c1CCCC2. The summed E-state index contributed by atoms with van der Waals surface area (Å²) in [6, 6.07) is 10.1. The van der Waals surface area contributed by atoms with Crippen molar-refractivity contribution in [3.05, 3.63) is 58.8 Å². The number of aryl methyl sites for hydroxylation is 1. The van der Waals surface area contributed by atoms with Crippen LogP contribution in [0.15, 0.2) is 51.4 Å². The van der Waals surface area contributed by atoms with E-state index >= 15 is 0 Å². The number of nitrogens with two attached hydrogens (primary N) is 1. The maximum atomic E-state index is 6.08. The van der Waals surface area contributed by atoms with Crippen molar-refractivity contribution < 1.29 is 4.42 Å². The van der Waals surface area contributed by atoms with Crippen molar-refractivity contribution in [1.82, 2.24) is 4.98 Å². The highest BCUT2D eigenvalue weighted by molar-refractivity contribution is 14.0. The van der Waals surface area contributed by atoms with Gasteiger partial charge in [0.2, 0.25) is 0 Å². The van der Waals surface area contributed by atoms with Crippen LogP contribution in [0.2, 0.25) is 0 Å². The molecule has 0 fully saturated rings. The molecule has 0 atom stereocenters. The van der Waals surface area contributed by atoms with Gasteiger partial charge < -0.3 is 15.5 Å². The first-order valence-electron chi connectivity index (χ1n) is 8.45. The van der Waals surface area contributed by atoms with Crippen molar-refractivity contribution in [2.24, 2.45) is 10.7 Å². The Kier molecular flexibility index (Phi) is 6.31. The first kappa shape index (κ1) is 18.9. The monoisotopic (exact) mass is 480 g/mol. The molecule has 0 spiro atoms. The number of benzene rings is 1. The zero-order valence-corrected chi connectivity index (χ0v) is 17.4. The Labute approximate surface area is 173 Å². The van der Waals surface area contributed by atoms with Gasteiger partial charge in [-0.15, -0.1) is 35.3 Å². The largest absolute Gasteiger partial charge is 0.462 e. The van der Waals surface area contributed by atoms with E-state index in [1.54, 1.807) is 17.6 Å². The van der Waals surface area contributed by atoms with E-state index in [1.165, 1.54) is 24.0 Å². The number of rotatable bonds is 4. The lowest BCUT2D eigenvalue weighted by atomic mass is 9.90. The smallest absolute Gasteiger partial charge is 0.193 e. The quantitative estimate of drug-likeness (QED) is 0.319. The maximum absolute atomic E-state index is 6.08. The molecule has 2 aromatic heterocycles. The molecule has 3 N–H and O–H groups in total.